The molecule has 2 aliphatic rings. The van der Waals surface area contributed by atoms with Gasteiger partial charge < -0.3 is 14.6 Å². The molecule has 6 nitrogen and oxygen atoms in total. The summed E-state index contributed by atoms with van der Waals surface area (Å²) in [5.41, 5.74) is 0. The van der Waals surface area contributed by atoms with Crippen molar-refractivity contribution in [3.63, 3.8) is 0 Å². The number of aliphatic hydroxyl groups is 1. The van der Waals surface area contributed by atoms with E-state index in [-0.39, 0.29) is 11.8 Å². The lowest BCUT2D eigenvalue weighted by Gasteiger charge is -2.19. The molecule has 3 rings (SSSR count). The summed E-state index contributed by atoms with van der Waals surface area (Å²) in [6.07, 6.45) is 7.23. The van der Waals surface area contributed by atoms with Crippen molar-refractivity contribution in [3.05, 3.63) is 18.2 Å². The van der Waals surface area contributed by atoms with Gasteiger partial charge in [-0.1, -0.05) is 6.92 Å². The number of carbonyl (C=O) groups excluding carboxylic acids is 1. The van der Waals surface area contributed by atoms with Crippen molar-refractivity contribution in [2.75, 3.05) is 26.2 Å². The molecule has 23 heavy (non-hydrogen) atoms. The maximum Gasteiger partial charge on any atom is 0.222 e. The van der Waals surface area contributed by atoms with Crippen LogP contribution in [0, 0.1) is 5.92 Å². The Morgan fingerprint density at radius 1 is 1.35 bits per heavy atom. The van der Waals surface area contributed by atoms with Crippen LogP contribution in [-0.4, -0.2) is 62.6 Å². The third-order valence-corrected chi connectivity index (χ3v) is 5.01. The van der Waals surface area contributed by atoms with E-state index in [9.17, 15) is 9.90 Å². The van der Waals surface area contributed by atoms with Gasteiger partial charge in [-0.25, -0.2) is 4.98 Å². The molecular weight excluding hydrogens is 292 g/mol. The fraction of sp³-hybridized carbons (Fsp3) is 0.765. The third kappa shape index (κ3) is 3.93. The number of imidazole rings is 1. The average molecular weight is 320 g/mol. The minimum absolute atomic E-state index is 0.0534. The molecule has 0 aliphatic carbocycles. The summed E-state index contributed by atoms with van der Waals surface area (Å²) in [5, 5.41) is 10.3. The molecule has 2 atom stereocenters. The van der Waals surface area contributed by atoms with Crippen LogP contribution < -0.4 is 0 Å². The van der Waals surface area contributed by atoms with E-state index in [1.54, 1.807) is 0 Å². The van der Waals surface area contributed by atoms with Crippen molar-refractivity contribution < 1.29 is 9.90 Å². The van der Waals surface area contributed by atoms with Gasteiger partial charge in [-0.15, -0.1) is 0 Å². The zero-order valence-electron chi connectivity index (χ0n) is 14.0. The molecule has 128 valence electrons. The molecule has 0 unspecified atom stereocenters. The van der Waals surface area contributed by atoms with Gasteiger partial charge in [0.1, 0.15) is 5.82 Å². The highest BCUT2D eigenvalue weighted by atomic mass is 16.3. The van der Waals surface area contributed by atoms with Crippen molar-refractivity contribution in [2.45, 2.75) is 51.8 Å². The number of hydrogen-bond donors (Lipinski definition) is 1. The Bertz CT molecular complexity index is 524. The Kier molecular flexibility index (Phi) is 5.33. The molecule has 0 saturated carbocycles. The van der Waals surface area contributed by atoms with E-state index >= 15 is 0 Å². The van der Waals surface area contributed by atoms with Gasteiger partial charge >= 0.3 is 0 Å². The van der Waals surface area contributed by atoms with Gasteiger partial charge in [0.2, 0.25) is 5.91 Å². The zero-order valence-corrected chi connectivity index (χ0v) is 14.0. The standard InChI is InChI=1S/C17H28N4O2/c1-2-6-20-9-5-18-16(20)13-19-11-14(15(22)12-19)10-17(23)21-7-3-4-8-21/h5,9,14-15,22H,2-4,6-8,10-13H2,1H3/t14-,15-/m0/s1. The second-order valence-corrected chi connectivity index (χ2v) is 6.85. The lowest BCUT2D eigenvalue weighted by atomic mass is 10.0. The number of rotatable bonds is 6. The topological polar surface area (TPSA) is 61.6 Å². The van der Waals surface area contributed by atoms with Crippen LogP contribution in [0.15, 0.2) is 12.4 Å². The molecule has 3 heterocycles. The van der Waals surface area contributed by atoms with Gasteiger partial charge in [-0.05, 0) is 19.3 Å². The number of aryl methyl sites for hydroxylation is 1. The van der Waals surface area contributed by atoms with Gasteiger partial charge in [-0.2, -0.15) is 0 Å². The normalized spacial score (nSPS) is 25.4. The number of aliphatic hydroxyl groups excluding tert-OH is 1. The number of nitrogens with zero attached hydrogens (tertiary/aromatic N) is 4. The molecule has 2 aliphatic heterocycles. The fourth-order valence-corrected chi connectivity index (χ4v) is 3.73. The Hall–Kier alpha value is -1.40. The van der Waals surface area contributed by atoms with Gasteiger partial charge in [-0.3, -0.25) is 9.69 Å². The first kappa shape index (κ1) is 16.5. The number of aromatic nitrogens is 2. The lowest BCUT2D eigenvalue weighted by molar-refractivity contribution is -0.131. The number of carbonyl (C=O) groups is 1. The number of hydrogen-bond acceptors (Lipinski definition) is 4. The number of β-amino-alcohol motifs (C(OH)–C–C–N with tert-alkyl or cyclic N) is 1. The quantitative estimate of drug-likeness (QED) is 0.852. The predicted octanol–water partition coefficient (Wildman–Crippen LogP) is 1.10. The highest BCUT2D eigenvalue weighted by Crippen LogP contribution is 2.23. The smallest absolute Gasteiger partial charge is 0.222 e. The summed E-state index contributed by atoms with van der Waals surface area (Å²) < 4.78 is 2.18. The highest BCUT2D eigenvalue weighted by Gasteiger charge is 2.34. The first-order chi connectivity index (χ1) is 11.2. The third-order valence-electron chi connectivity index (χ3n) is 5.01. The van der Waals surface area contributed by atoms with Crippen LogP contribution in [0.5, 0.6) is 0 Å². The molecule has 1 aromatic rings. The van der Waals surface area contributed by atoms with Crippen LogP contribution in [0.1, 0.15) is 38.4 Å². The Morgan fingerprint density at radius 3 is 2.87 bits per heavy atom. The maximum atomic E-state index is 12.3. The van der Waals surface area contributed by atoms with E-state index in [4.69, 9.17) is 0 Å². The minimum atomic E-state index is -0.406. The summed E-state index contributed by atoms with van der Waals surface area (Å²) in [4.78, 5) is 20.9. The molecule has 1 N–H and O–H groups in total. The van der Waals surface area contributed by atoms with Crippen molar-refractivity contribution in [1.82, 2.24) is 19.4 Å². The molecule has 2 saturated heterocycles. The Balaban J connectivity index is 1.53. The van der Waals surface area contributed by atoms with Crippen LogP contribution in [0.2, 0.25) is 0 Å². The SMILES string of the molecule is CCCn1ccnc1CN1C[C@H](CC(=O)N2CCCC2)[C@@H](O)C1. The summed E-state index contributed by atoms with van der Waals surface area (Å²) >= 11 is 0. The van der Waals surface area contributed by atoms with Crippen molar-refractivity contribution in [2.24, 2.45) is 5.92 Å². The number of likely N-dealkylation sites (tertiary alicyclic amines) is 2. The summed E-state index contributed by atoms with van der Waals surface area (Å²) in [6, 6.07) is 0. The summed E-state index contributed by atoms with van der Waals surface area (Å²) in [7, 11) is 0. The monoisotopic (exact) mass is 320 g/mol. The summed E-state index contributed by atoms with van der Waals surface area (Å²) in [5.74, 6) is 1.31. The molecule has 0 aromatic carbocycles. The fourth-order valence-electron chi connectivity index (χ4n) is 3.73. The Labute approximate surface area is 138 Å². The summed E-state index contributed by atoms with van der Waals surface area (Å²) in [6.45, 7) is 7.07. The average Bonchev–Trinajstić information content (AvgIpc) is 3.24. The second-order valence-electron chi connectivity index (χ2n) is 6.85. The molecular formula is C17H28N4O2. The van der Waals surface area contributed by atoms with Gasteiger partial charge in [0.15, 0.2) is 0 Å². The highest BCUT2D eigenvalue weighted by molar-refractivity contribution is 5.76. The van der Waals surface area contributed by atoms with Crippen LogP contribution in [-0.2, 0) is 17.9 Å². The maximum absolute atomic E-state index is 12.3. The minimum Gasteiger partial charge on any atom is -0.391 e. The first-order valence-electron chi connectivity index (χ1n) is 8.85. The van der Waals surface area contributed by atoms with E-state index in [0.29, 0.717) is 13.0 Å². The lowest BCUT2D eigenvalue weighted by Crippen LogP contribution is -2.32. The van der Waals surface area contributed by atoms with Crippen LogP contribution >= 0.6 is 0 Å². The van der Waals surface area contributed by atoms with E-state index < -0.39 is 6.10 Å². The van der Waals surface area contributed by atoms with Gasteiger partial charge in [0, 0.05) is 57.5 Å². The van der Waals surface area contributed by atoms with E-state index in [1.807, 2.05) is 17.3 Å². The van der Waals surface area contributed by atoms with Crippen molar-refractivity contribution in [1.29, 1.82) is 0 Å². The first-order valence-corrected chi connectivity index (χ1v) is 8.85. The number of amides is 1. The largest absolute Gasteiger partial charge is 0.391 e. The van der Waals surface area contributed by atoms with Crippen molar-refractivity contribution in [3.8, 4) is 0 Å². The molecule has 1 aromatic heterocycles. The second kappa shape index (κ2) is 7.45. The molecule has 2 fully saturated rings. The van der Waals surface area contributed by atoms with Gasteiger partial charge in [0.25, 0.3) is 0 Å². The van der Waals surface area contributed by atoms with E-state index in [1.165, 1.54) is 0 Å². The molecule has 1 amide bonds. The zero-order chi connectivity index (χ0) is 16.2. The van der Waals surface area contributed by atoms with E-state index in [0.717, 1.165) is 57.8 Å². The van der Waals surface area contributed by atoms with E-state index in [2.05, 4.69) is 21.4 Å². The van der Waals surface area contributed by atoms with Gasteiger partial charge in [0.05, 0.1) is 12.6 Å². The molecule has 0 radical (unpaired) electrons. The molecule has 0 bridgehead atoms. The predicted molar refractivity (Wildman–Crippen MR) is 87.7 cm³/mol. The molecule has 6 heteroatoms. The Morgan fingerprint density at radius 2 is 2.13 bits per heavy atom. The van der Waals surface area contributed by atoms with Crippen LogP contribution in [0.25, 0.3) is 0 Å². The molecule has 0 spiro atoms. The van der Waals surface area contributed by atoms with Crippen LogP contribution in [0.3, 0.4) is 0 Å². The van der Waals surface area contributed by atoms with Crippen molar-refractivity contribution >= 4 is 5.91 Å². The van der Waals surface area contributed by atoms with Crippen LogP contribution in [0.4, 0.5) is 0 Å².